The minimum Gasteiger partial charge on any atom is -0.744 e. The minimum absolute atomic E-state index is 0. The molecule has 0 aliphatic carbocycles. The molecule has 1 aromatic rings. The molecule has 0 saturated carbocycles. The van der Waals surface area contributed by atoms with E-state index in [1.807, 2.05) is 0 Å². The zero-order valence-corrected chi connectivity index (χ0v) is 11.2. The third-order valence-electron chi connectivity index (χ3n) is 1.10. The molecule has 0 spiro atoms. The first-order valence-electron chi connectivity index (χ1n) is 2.71. The molecule has 0 fully saturated rings. The van der Waals surface area contributed by atoms with E-state index < -0.39 is 20.8 Å². The third-order valence-corrected chi connectivity index (χ3v) is 1.95. The molecule has 62 valence electrons. The van der Waals surface area contributed by atoms with Crippen molar-refractivity contribution in [3.05, 3.63) is 30.1 Å². The van der Waals surface area contributed by atoms with Crippen LogP contribution in [0.3, 0.4) is 0 Å². The Labute approximate surface area is 89.5 Å². The number of rotatable bonds is 1. The van der Waals surface area contributed by atoms with E-state index in [4.69, 9.17) is 0 Å². The van der Waals surface area contributed by atoms with Gasteiger partial charge in [0.1, 0.15) is 15.9 Å². The molecule has 1 aromatic carbocycles. The molecule has 0 aliphatic heterocycles. The smallest absolute Gasteiger partial charge is 0.744 e. The normalized spacial score (nSPS) is 10.5. The Morgan fingerprint density at radius 2 is 1.58 bits per heavy atom. The first-order chi connectivity index (χ1) is 5.00. The van der Waals surface area contributed by atoms with Gasteiger partial charge in [-0.15, -0.1) is 0 Å². The van der Waals surface area contributed by atoms with E-state index in [2.05, 4.69) is 0 Å². The van der Waals surface area contributed by atoms with Crippen molar-refractivity contribution in [3.63, 3.8) is 0 Å². The van der Waals surface area contributed by atoms with E-state index in [0.29, 0.717) is 0 Å². The standard InChI is InChI=1S/C6H5FO3S.Tl/c7-5-1-3-6(4-2-5)11(8,9)10;/h1-4H,(H,8,9,10);/q;+1/p-1. The van der Waals surface area contributed by atoms with Crippen molar-refractivity contribution in [1.29, 1.82) is 0 Å². The molecule has 0 saturated heterocycles. The van der Waals surface area contributed by atoms with Gasteiger partial charge in [-0.3, -0.25) is 0 Å². The topological polar surface area (TPSA) is 57.2 Å². The largest absolute Gasteiger partial charge is 1.00 e. The zero-order valence-electron chi connectivity index (χ0n) is 5.90. The van der Waals surface area contributed by atoms with Gasteiger partial charge >= 0.3 is 27.3 Å². The van der Waals surface area contributed by atoms with Crippen LogP contribution in [0.1, 0.15) is 0 Å². The molecule has 12 heavy (non-hydrogen) atoms. The Kier molecular flexibility index (Phi) is 4.28. The molecule has 0 amide bonds. The summed E-state index contributed by atoms with van der Waals surface area (Å²) >= 11 is 0. The van der Waals surface area contributed by atoms with Crippen LogP contribution in [0.25, 0.3) is 0 Å². The predicted molar refractivity (Wildman–Crippen MR) is 40.1 cm³/mol. The third kappa shape index (κ3) is 3.15. The maximum atomic E-state index is 12.2. The molecular weight excluding hydrogens is 376 g/mol. The van der Waals surface area contributed by atoms with Crippen molar-refractivity contribution in [3.8, 4) is 0 Å². The van der Waals surface area contributed by atoms with E-state index in [-0.39, 0.29) is 27.3 Å². The van der Waals surface area contributed by atoms with Crippen molar-refractivity contribution < 1.29 is 17.4 Å². The summed E-state index contributed by atoms with van der Waals surface area (Å²) in [6, 6.07) is 3.70. The molecule has 0 bridgehead atoms. The molecule has 1 rings (SSSR count). The maximum absolute atomic E-state index is 12.2. The molecule has 6 heteroatoms. The van der Waals surface area contributed by atoms with Gasteiger partial charge in [-0.1, -0.05) is 0 Å². The van der Waals surface area contributed by atoms with Crippen molar-refractivity contribution in [2.75, 3.05) is 0 Å². The number of benzene rings is 1. The SMILES string of the molecule is O=S(=O)([O-])c1ccc(F)cc1.[Tl+]. The van der Waals surface area contributed by atoms with Gasteiger partial charge in [0.15, 0.2) is 0 Å². The first-order valence-corrected chi connectivity index (χ1v) is 4.12. The van der Waals surface area contributed by atoms with E-state index in [1.165, 1.54) is 0 Å². The molecular formula is C6H4FO3STl. The second-order valence-corrected chi connectivity index (χ2v) is 3.29. The van der Waals surface area contributed by atoms with Gasteiger partial charge in [-0.05, 0) is 24.3 Å². The molecule has 0 N–H and O–H groups in total. The van der Waals surface area contributed by atoms with E-state index in [9.17, 15) is 17.4 Å². The molecule has 0 heterocycles. The molecule has 0 atom stereocenters. The monoisotopic (exact) mass is 380 g/mol. The summed E-state index contributed by atoms with van der Waals surface area (Å²) in [5, 5.41) is 0. The fraction of sp³-hybridized carbons (Fsp3) is 0. The minimum atomic E-state index is -4.44. The van der Waals surface area contributed by atoms with Crippen molar-refractivity contribution in [2.45, 2.75) is 4.90 Å². The van der Waals surface area contributed by atoms with Crippen molar-refractivity contribution in [2.24, 2.45) is 0 Å². The molecule has 0 aliphatic rings. The van der Waals surface area contributed by atoms with Crippen LogP contribution >= 0.6 is 0 Å². The second kappa shape index (κ2) is 4.28. The maximum Gasteiger partial charge on any atom is 1.00 e. The van der Waals surface area contributed by atoms with Crippen LogP contribution < -0.4 is 0 Å². The summed E-state index contributed by atoms with van der Waals surface area (Å²) in [6.45, 7) is 0. The van der Waals surface area contributed by atoms with Gasteiger partial charge < -0.3 is 4.55 Å². The van der Waals surface area contributed by atoms with Crippen LogP contribution in [-0.2, 0) is 10.1 Å². The van der Waals surface area contributed by atoms with Gasteiger partial charge in [0.25, 0.3) is 0 Å². The Hall–Kier alpha value is -0.0179. The summed E-state index contributed by atoms with van der Waals surface area (Å²) < 4.78 is 43.0. The Morgan fingerprint density at radius 1 is 1.17 bits per heavy atom. The van der Waals surface area contributed by atoms with Gasteiger partial charge in [0, 0.05) is 0 Å². The number of hydrogen-bond donors (Lipinski definition) is 0. The summed E-state index contributed by atoms with van der Waals surface area (Å²) in [5.74, 6) is -0.572. The van der Waals surface area contributed by atoms with Crippen LogP contribution in [-0.4, -0.2) is 40.3 Å². The fourth-order valence-corrected chi connectivity index (χ4v) is 1.07. The van der Waals surface area contributed by atoms with Crippen molar-refractivity contribution >= 4 is 37.4 Å². The van der Waals surface area contributed by atoms with Gasteiger partial charge in [-0.25, -0.2) is 12.8 Å². The van der Waals surface area contributed by atoms with E-state index in [1.54, 1.807) is 0 Å². The van der Waals surface area contributed by atoms with Crippen LogP contribution in [0.5, 0.6) is 0 Å². The predicted octanol–water partition coefficient (Wildman–Crippen LogP) is 0.349. The van der Waals surface area contributed by atoms with Gasteiger partial charge in [0.05, 0.1) is 4.90 Å². The Bertz CT molecular complexity index is 346. The van der Waals surface area contributed by atoms with Crippen LogP contribution in [0.15, 0.2) is 29.2 Å². The quantitative estimate of drug-likeness (QED) is 0.523. The van der Waals surface area contributed by atoms with Gasteiger partial charge in [-0.2, -0.15) is 0 Å². The summed E-state index contributed by atoms with van der Waals surface area (Å²) in [7, 11) is -4.44. The molecule has 0 aromatic heterocycles. The summed E-state index contributed by atoms with van der Waals surface area (Å²) in [6.07, 6.45) is 0. The summed E-state index contributed by atoms with van der Waals surface area (Å²) in [5.41, 5.74) is 0. The van der Waals surface area contributed by atoms with E-state index >= 15 is 0 Å². The fourth-order valence-electron chi connectivity index (χ4n) is 0.601. The van der Waals surface area contributed by atoms with Crippen molar-refractivity contribution in [1.82, 2.24) is 0 Å². The molecule has 0 unspecified atom stereocenters. The molecule has 3 nitrogen and oxygen atoms in total. The average Bonchev–Trinajstić information content (AvgIpc) is 1.86. The zero-order chi connectivity index (χ0) is 8.48. The van der Waals surface area contributed by atoms with Gasteiger partial charge in [0.2, 0.25) is 0 Å². The Balaban J connectivity index is 0.00000121. The van der Waals surface area contributed by atoms with Crippen LogP contribution in [0, 0.1) is 5.82 Å². The number of hydrogen-bond acceptors (Lipinski definition) is 3. The second-order valence-electron chi connectivity index (χ2n) is 1.91. The van der Waals surface area contributed by atoms with Crippen LogP contribution in [0.4, 0.5) is 4.39 Å². The number of halogens is 1. The Morgan fingerprint density at radius 3 is 1.92 bits per heavy atom. The molecule has 0 radical (unpaired) electrons. The first kappa shape index (κ1) is 12.0. The van der Waals surface area contributed by atoms with Crippen LogP contribution in [0.2, 0.25) is 0 Å². The summed E-state index contributed by atoms with van der Waals surface area (Å²) in [4.78, 5) is -0.418. The average molecular weight is 380 g/mol. The van der Waals surface area contributed by atoms with E-state index in [0.717, 1.165) is 24.3 Å².